The van der Waals surface area contributed by atoms with E-state index in [2.05, 4.69) is 19.4 Å². The van der Waals surface area contributed by atoms with Crippen molar-refractivity contribution in [2.45, 2.75) is 38.6 Å². The lowest BCUT2D eigenvalue weighted by Gasteiger charge is -2.22. The van der Waals surface area contributed by atoms with Crippen LogP contribution in [0.5, 0.6) is 5.75 Å². The first kappa shape index (κ1) is 24.7. The number of sulfonamides is 1. The fraction of sp³-hybridized carbons (Fsp3) is 0.400. The summed E-state index contributed by atoms with van der Waals surface area (Å²) < 4.78 is 63.3. The molecular formula is C20H27N5O6S2. The lowest BCUT2D eigenvalue weighted by Crippen LogP contribution is -2.38. The number of aromatic hydroxyl groups is 1. The van der Waals surface area contributed by atoms with Gasteiger partial charge in [0.25, 0.3) is 0 Å². The van der Waals surface area contributed by atoms with Crippen LogP contribution in [-0.4, -0.2) is 52.0 Å². The third kappa shape index (κ3) is 5.04. The minimum Gasteiger partial charge on any atom is -0.504 e. The predicted molar refractivity (Wildman–Crippen MR) is 125 cm³/mol. The van der Waals surface area contributed by atoms with Crippen LogP contribution in [0.4, 0.5) is 5.69 Å². The Bertz CT molecular complexity index is 1320. The van der Waals surface area contributed by atoms with Crippen LogP contribution >= 0.6 is 0 Å². The van der Waals surface area contributed by atoms with Crippen molar-refractivity contribution < 1.29 is 26.4 Å². The van der Waals surface area contributed by atoms with E-state index in [0.29, 0.717) is 5.76 Å². The minimum atomic E-state index is -4.17. The van der Waals surface area contributed by atoms with Crippen molar-refractivity contribution in [2.24, 2.45) is 14.7 Å². The minimum absolute atomic E-state index is 0.0100. The summed E-state index contributed by atoms with van der Waals surface area (Å²) in [6.07, 6.45) is 0. The molecule has 1 aromatic carbocycles. The van der Waals surface area contributed by atoms with Crippen molar-refractivity contribution in [3.8, 4) is 5.75 Å². The summed E-state index contributed by atoms with van der Waals surface area (Å²) in [4.78, 5) is -0.341. The van der Waals surface area contributed by atoms with E-state index in [0.717, 1.165) is 15.6 Å². The third-order valence-electron chi connectivity index (χ3n) is 5.10. The summed E-state index contributed by atoms with van der Waals surface area (Å²) in [6.45, 7) is 7.60. The van der Waals surface area contributed by atoms with Gasteiger partial charge in [-0.15, -0.1) is 8.80 Å². The summed E-state index contributed by atoms with van der Waals surface area (Å²) in [6, 6.07) is 5.49. The first-order valence-corrected chi connectivity index (χ1v) is 12.9. The molecule has 0 aliphatic carbocycles. The van der Waals surface area contributed by atoms with Gasteiger partial charge in [-0.1, -0.05) is 19.9 Å². The van der Waals surface area contributed by atoms with Crippen LogP contribution in [0.1, 0.15) is 37.0 Å². The fourth-order valence-corrected chi connectivity index (χ4v) is 4.91. The maximum atomic E-state index is 12.5. The van der Waals surface area contributed by atoms with E-state index in [1.807, 2.05) is 33.8 Å². The molecule has 2 aromatic rings. The number of hydrogen-bond donors (Lipinski definition) is 3. The standard InChI is InChI=1S/C20H27N5O6S2/c1-11(2)17(15-10-12(3)13(4)31-15)22-20-19(23-33(29,30)24-20)21-14-8-7-9-16(18(14)26)32(27,28)25(5)6/h7-11,17,26H,1-6H3,(H,21,23)(H,22,24)/t17-/m1/s1. The Hall–Kier alpha value is -2.90. The van der Waals surface area contributed by atoms with Crippen molar-refractivity contribution in [2.75, 3.05) is 19.4 Å². The number of benzene rings is 1. The second-order valence-corrected chi connectivity index (χ2v) is 11.5. The van der Waals surface area contributed by atoms with Crippen LogP contribution in [0.2, 0.25) is 0 Å². The lowest BCUT2D eigenvalue weighted by molar-refractivity contribution is 0.369. The molecule has 0 saturated carbocycles. The van der Waals surface area contributed by atoms with E-state index in [1.165, 1.54) is 32.3 Å². The summed E-state index contributed by atoms with van der Waals surface area (Å²) >= 11 is 0. The molecule has 1 aliphatic rings. The molecule has 0 radical (unpaired) electrons. The van der Waals surface area contributed by atoms with Crippen LogP contribution in [0.3, 0.4) is 0 Å². The third-order valence-corrected chi connectivity index (χ3v) is 7.77. The molecule has 0 amide bonds. The second kappa shape index (κ2) is 8.80. The van der Waals surface area contributed by atoms with Gasteiger partial charge in [-0.3, -0.25) is 0 Å². The molecule has 13 heteroatoms. The zero-order valence-electron chi connectivity index (χ0n) is 19.1. The first-order chi connectivity index (χ1) is 15.2. The summed E-state index contributed by atoms with van der Waals surface area (Å²) in [5, 5.41) is 16.3. The smallest absolute Gasteiger partial charge is 0.367 e. The predicted octanol–water partition coefficient (Wildman–Crippen LogP) is 2.31. The molecule has 0 unspecified atom stereocenters. The number of rotatable bonds is 6. The molecule has 33 heavy (non-hydrogen) atoms. The van der Waals surface area contributed by atoms with Gasteiger partial charge in [0.15, 0.2) is 17.4 Å². The van der Waals surface area contributed by atoms with Gasteiger partial charge in [-0.25, -0.2) is 12.7 Å². The van der Waals surface area contributed by atoms with E-state index in [-0.39, 0.29) is 28.2 Å². The van der Waals surface area contributed by atoms with Gasteiger partial charge in [0.05, 0.1) is 11.7 Å². The molecule has 2 heterocycles. The number of phenols is 1. The van der Waals surface area contributed by atoms with E-state index in [4.69, 9.17) is 4.42 Å². The quantitative estimate of drug-likeness (QED) is 0.514. The fourth-order valence-electron chi connectivity index (χ4n) is 3.14. The SMILES string of the molecule is Cc1cc([C@H](NC2=NS(=O)(=O)N=C2Nc2cccc(S(=O)(=O)N(C)C)c2O)C(C)C)oc1C. The monoisotopic (exact) mass is 497 g/mol. The summed E-state index contributed by atoms with van der Waals surface area (Å²) in [7, 11) is -5.45. The van der Waals surface area contributed by atoms with Gasteiger partial charge >= 0.3 is 10.2 Å². The van der Waals surface area contributed by atoms with Crippen LogP contribution < -0.4 is 10.6 Å². The largest absolute Gasteiger partial charge is 0.504 e. The van der Waals surface area contributed by atoms with Gasteiger partial charge in [0, 0.05) is 14.1 Å². The van der Waals surface area contributed by atoms with Crippen molar-refractivity contribution in [3.63, 3.8) is 0 Å². The number of nitrogens with zero attached hydrogens (tertiary/aromatic N) is 3. The van der Waals surface area contributed by atoms with Crippen LogP contribution in [-0.2, 0) is 20.2 Å². The van der Waals surface area contributed by atoms with Crippen molar-refractivity contribution in [1.29, 1.82) is 0 Å². The van der Waals surface area contributed by atoms with Crippen molar-refractivity contribution >= 4 is 37.6 Å². The van der Waals surface area contributed by atoms with E-state index >= 15 is 0 Å². The van der Waals surface area contributed by atoms with Crippen LogP contribution in [0.25, 0.3) is 0 Å². The second-order valence-electron chi connectivity index (χ2n) is 8.15. The van der Waals surface area contributed by atoms with Gasteiger partial charge in [0.1, 0.15) is 16.4 Å². The number of aryl methyl sites for hydroxylation is 2. The van der Waals surface area contributed by atoms with E-state index < -0.39 is 32.0 Å². The van der Waals surface area contributed by atoms with E-state index in [1.54, 1.807) is 0 Å². The molecule has 0 saturated heterocycles. The van der Waals surface area contributed by atoms with Crippen molar-refractivity contribution in [3.05, 3.63) is 41.3 Å². The zero-order valence-corrected chi connectivity index (χ0v) is 20.7. The number of phenolic OH excluding ortho intramolecular Hbond substituents is 1. The molecular weight excluding hydrogens is 470 g/mol. The topological polar surface area (TPSA) is 154 Å². The number of hydrogen-bond acceptors (Lipinski definition) is 8. The Morgan fingerprint density at radius 1 is 1.12 bits per heavy atom. The lowest BCUT2D eigenvalue weighted by atomic mass is 10.0. The number of amidine groups is 2. The average Bonchev–Trinajstić information content (AvgIpc) is 3.18. The molecule has 0 fully saturated rings. The Kier molecular flexibility index (Phi) is 6.60. The molecule has 1 aromatic heterocycles. The van der Waals surface area contributed by atoms with Gasteiger partial charge < -0.3 is 20.2 Å². The Morgan fingerprint density at radius 3 is 2.30 bits per heavy atom. The number of anilines is 1. The van der Waals surface area contributed by atoms with Gasteiger partial charge in [-0.05, 0) is 43.5 Å². The van der Waals surface area contributed by atoms with Crippen molar-refractivity contribution in [1.82, 2.24) is 9.62 Å². The molecule has 1 atom stereocenters. The van der Waals surface area contributed by atoms with Gasteiger partial charge in [-0.2, -0.15) is 8.42 Å². The molecule has 11 nitrogen and oxygen atoms in total. The maximum absolute atomic E-state index is 12.5. The first-order valence-electron chi connectivity index (χ1n) is 10.0. The zero-order chi connectivity index (χ0) is 24.7. The molecule has 1 aliphatic heterocycles. The van der Waals surface area contributed by atoms with Crippen LogP contribution in [0, 0.1) is 19.8 Å². The molecule has 3 rings (SSSR count). The highest BCUT2D eigenvalue weighted by Gasteiger charge is 2.31. The number of furan rings is 1. The molecule has 0 bridgehead atoms. The average molecular weight is 498 g/mol. The van der Waals surface area contributed by atoms with E-state index in [9.17, 15) is 21.9 Å². The molecule has 0 spiro atoms. The summed E-state index contributed by atoms with van der Waals surface area (Å²) in [5.41, 5.74) is 0.906. The highest BCUT2D eigenvalue weighted by atomic mass is 32.2. The molecule has 180 valence electrons. The molecule has 3 N–H and O–H groups in total. The Morgan fingerprint density at radius 2 is 1.76 bits per heavy atom. The highest BCUT2D eigenvalue weighted by molar-refractivity contribution is 7.89. The Balaban J connectivity index is 1.96. The van der Waals surface area contributed by atoms with Crippen LogP contribution in [0.15, 0.2) is 42.4 Å². The van der Waals surface area contributed by atoms with Gasteiger partial charge in [0.2, 0.25) is 10.0 Å². The maximum Gasteiger partial charge on any atom is 0.367 e. The number of para-hydroxylation sites is 1. The number of nitrogens with one attached hydrogen (secondary N) is 2. The Labute approximate surface area is 193 Å². The normalized spacial score (nSPS) is 16.6. The summed E-state index contributed by atoms with van der Waals surface area (Å²) in [5.74, 6) is 0.498. The highest BCUT2D eigenvalue weighted by Crippen LogP contribution is 2.33.